The number of hydrogen-bond donors (Lipinski definition) is 2. The van der Waals surface area contributed by atoms with Crippen LogP contribution in [0.2, 0.25) is 0 Å². The number of benzene rings is 2. The molecular weight excluding hydrogens is 550 g/mol. The number of sulfonamides is 1. The minimum atomic E-state index is -3.26. The van der Waals surface area contributed by atoms with Gasteiger partial charge in [0.1, 0.15) is 0 Å². The van der Waals surface area contributed by atoms with E-state index in [4.69, 9.17) is 10.5 Å². The third kappa shape index (κ3) is 6.58. The van der Waals surface area contributed by atoms with Crippen LogP contribution < -0.4 is 5.73 Å². The average molecular weight is 594 g/mol. The first-order valence-electron chi connectivity index (χ1n) is 15.4. The van der Waals surface area contributed by atoms with Gasteiger partial charge in [-0.15, -0.1) is 0 Å². The van der Waals surface area contributed by atoms with Gasteiger partial charge in [0.25, 0.3) is 5.91 Å². The molecule has 0 unspecified atom stereocenters. The molecule has 6 rings (SSSR count). The molecule has 3 saturated heterocycles. The maximum absolute atomic E-state index is 13.1. The lowest BCUT2D eigenvalue weighted by atomic mass is 9.88. The van der Waals surface area contributed by atoms with Crippen molar-refractivity contribution in [2.75, 3.05) is 64.8 Å². The number of nitrogens with zero attached hydrogens (tertiary/aromatic N) is 3. The highest BCUT2D eigenvalue weighted by Crippen LogP contribution is 2.37. The predicted molar refractivity (Wildman–Crippen MR) is 166 cm³/mol. The molecule has 4 heterocycles. The van der Waals surface area contributed by atoms with Gasteiger partial charge in [-0.1, -0.05) is 18.2 Å². The molecule has 0 bridgehead atoms. The van der Waals surface area contributed by atoms with E-state index in [1.807, 2.05) is 12.3 Å². The van der Waals surface area contributed by atoms with Crippen molar-refractivity contribution in [3.63, 3.8) is 0 Å². The van der Waals surface area contributed by atoms with Gasteiger partial charge in [-0.25, -0.2) is 12.7 Å². The molecule has 0 saturated carbocycles. The molecule has 3 fully saturated rings. The van der Waals surface area contributed by atoms with Crippen LogP contribution in [-0.2, 0) is 21.3 Å². The Bertz CT molecular complexity index is 1500. The molecule has 42 heavy (non-hydrogen) atoms. The highest BCUT2D eigenvalue weighted by Gasteiger charge is 2.30. The van der Waals surface area contributed by atoms with Crippen LogP contribution in [-0.4, -0.2) is 98.2 Å². The summed E-state index contributed by atoms with van der Waals surface area (Å²) >= 11 is 0. The summed E-state index contributed by atoms with van der Waals surface area (Å²) in [6.45, 7) is 8.33. The van der Waals surface area contributed by atoms with E-state index in [0.29, 0.717) is 25.1 Å². The molecule has 0 aliphatic carbocycles. The Balaban J connectivity index is 1.18. The Kier molecular flexibility index (Phi) is 8.97. The van der Waals surface area contributed by atoms with Crippen LogP contribution in [0.15, 0.2) is 42.6 Å². The summed E-state index contributed by atoms with van der Waals surface area (Å²) in [6.07, 6.45) is 6.63. The number of carbonyl (C=O) groups excluding carboxylic acids is 1. The number of amides is 1. The Labute approximate surface area is 249 Å². The number of H-pyrrole nitrogens is 1. The van der Waals surface area contributed by atoms with Gasteiger partial charge in [-0.3, -0.25) is 9.69 Å². The first-order valence-corrected chi connectivity index (χ1v) is 17.0. The molecule has 3 aliphatic heterocycles. The van der Waals surface area contributed by atoms with E-state index in [1.54, 1.807) is 4.31 Å². The summed E-state index contributed by atoms with van der Waals surface area (Å²) in [5.74, 6) is -0.0371. The number of fused-ring (bicyclic) bond motifs is 1. The Hall–Kier alpha value is -2.76. The molecule has 2 aromatic carbocycles. The molecule has 3 N–H and O–H groups in total. The van der Waals surface area contributed by atoms with E-state index in [1.165, 1.54) is 18.4 Å². The highest BCUT2D eigenvalue weighted by atomic mass is 32.2. The number of ether oxygens (including phenoxy) is 1. The lowest BCUT2D eigenvalue weighted by molar-refractivity contribution is 0.0342. The van der Waals surface area contributed by atoms with Crippen LogP contribution in [0.4, 0.5) is 0 Å². The number of aromatic nitrogens is 1. The number of nitrogens with two attached hydrogens (primary N) is 1. The Morgan fingerprint density at radius 3 is 2.45 bits per heavy atom. The molecule has 0 spiro atoms. The van der Waals surface area contributed by atoms with Crippen molar-refractivity contribution in [3.05, 3.63) is 59.3 Å². The average Bonchev–Trinajstić information content (AvgIpc) is 3.68. The van der Waals surface area contributed by atoms with E-state index in [9.17, 15) is 13.2 Å². The van der Waals surface area contributed by atoms with Gasteiger partial charge in [-0.2, -0.15) is 0 Å². The van der Waals surface area contributed by atoms with Crippen molar-refractivity contribution in [1.29, 1.82) is 0 Å². The fraction of sp³-hybridized carbons (Fsp3) is 0.531. The second kappa shape index (κ2) is 12.9. The largest absolute Gasteiger partial charge is 0.379 e. The fourth-order valence-corrected chi connectivity index (χ4v) is 8.39. The minimum Gasteiger partial charge on any atom is -0.379 e. The summed E-state index contributed by atoms with van der Waals surface area (Å²) in [5.41, 5.74) is 11.4. The highest BCUT2D eigenvalue weighted by molar-refractivity contribution is 7.89. The second-order valence-electron chi connectivity index (χ2n) is 12.0. The van der Waals surface area contributed by atoms with E-state index < -0.39 is 15.9 Å². The minimum absolute atomic E-state index is 0.207. The second-order valence-corrected chi connectivity index (χ2v) is 14.1. The van der Waals surface area contributed by atoms with Crippen molar-refractivity contribution in [2.24, 2.45) is 5.73 Å². The summed E-state index contributed by atoms with van der Waals surface area (Å²) < 4.78 is 33.3. The quantitative estimate of drug-likeness (QED) is 0.370. The SMILES string of the molecule is NC(=O)c1cc(-c2cccc(CN3CCOCC3)c2)cc2c(C3CCN(S(=O)(=O)CCCN4CCCC4)CC3)c[nH]c12. The summed E-state index contributed by atoms with van der Waals surface area (Å²) in [6, 6.07) is 12.5. The standard InChI is InChI=1S/C32H43N5O4S/c33-32(38)29-21-27(26-6-3-5-24(19-26)23-36-14-16-41-17-15-36)20-28-30(22-34-31(28)29)25-7-12-37(13-8-25)42(39,40)18-4-11-35-9-1-2-10-35/h3,5-6,19-22,25,34H,1-2,4,7-18,23H2,(H2,33,38). The van der Waals surface area contributed by atoms with Crippen molar-refractivity contribution in [2.45, 2.75) is 44.6 Å². The molecule has 3 aromatic rings. The maximum Gasteiger partial charge on any atom is 0.250 e. The summed E-state index contributed by atoms with van der Waals surface area (Å²) in [4.78, 5) is 20.6. The van der Waals surface area contributed by atoms with Crippen molar-refractivity contribution in [3.8, 4) is 11.1 Å². The number of carbonyl (C=O) groups is 1. The van der Waals surface area contributed by atoms with Crippen LogP contribution in [0.3, 0.4) is 0 Å². The zero-order chi connectivity index (χ0) is 29.1. The molecule has 10 heteroatoms. The molecule has 0 atom stereocenters. The molecular formula is C32H43N5O4S. The summed E-state index contributed by atoms with van der Waals surface area (Å²) in [7, 11) is -3.26. The van der Waals surface area contributed by atoms with Crippen LogP contribution in [0.5, 0.6) is 0 Å². The number of rotatable bonds is 10. The number of hydrogen-bond acceptors (Lipinski definition) is 6. The lowest BCUT2D eigenvalue weighted by Crippen LogP contribution is -2.39. The molecule has 226 valence electrons. The predicted octanol–water partition coefficient (Wildman–Crippen LogP) is 3.76. The van der Waals surface area contributed by atoms with Crippen molar-refractivity contribution in [1.82, 2.24) is 19.1 Å². The number of primary amides is 1. The third-order valence-corrected chi connectivity index (χ3v) is 11.2. The van der Waals surface area contributed by atoms with Crippen LogP contribution in [0.25, 0.3) is 22.0 Å². The van der Waals surface area contributed by atoms with Crippen molar-refractivity contribution < 1.29 is 17.9 Å². The monoisotopic (exact) mass is 593 g/mol. The maximum atomic E-state index is 13.1. The number of likely N-dealkylation sites (tertiary alicyclic amines) is 1. The normalized spacial score (nSPS) is 20.0. The smallest absolute Gasteiger partial charge is 0.250 e. The topological polar surface area (TPSA) is 112 Å². The number of nitrogens with one attached hydrogen (secondary N) is 1. The Morgan fingerprint density at radius 2 is 1.71 bits per heavy atom. The van der Waals surface area contributed by atoms with Crippen LogP contribution in [0.1, 0.15) is 59.5 Å². The van der Waals surface area contributed by atoms with E-state index in [2.05, 4.69) is 45.1 Å². The van der Waals surface area contributed by atoms with E-state index in [-0.39, 0.29) is 11.7 Å². The zero-order valence-electron chi connectivity index (χ0n) is 24.4. The van der Waals surface area contributed by atoms with Gasteiger partial charge in [0.05, 0.1) is 30.0 Å². The van der Waals surface area contributed by atoms with Crippen molar-refractivity contribution >= 4 is 26.8 Å². The molecule has 1 aromatic heterocycles. The zero-order valence-corrected chi connectivity index (χ0v) is 25.2. The first-order chi connectivity index (χ1) is 20.4. The van der Waals surface area contributed by atoms with E-state index >= 15 is 0 Å². The Morgan fingerprint density at radius 1 is 0.952 bits per heavy atom. The first kappa shape index (κ1) is 29.3. The number of aromatic amines is 1. The van der Waals surface area contributed by atoms with Gasteiger partial charge in [0, 0.05) is 44.3 Å². The lowest BCUT2D eigenvalue weighted by Gasteiger charge is -2.31. The molecule has 3 aliphatic rings. The summed E-state index contributed by atoms with van der Waals surface area (Å²) in [5, 5.41) is 0.992. The van der Waals surface area contributed by atoms with Gasteiger partial charge < -0.3 is 20.4 Å². The van der Waals surface area contributed by atoms with E-state index in [0.717, 1.165) is 92.9 Å². The van der Waals surface area contributed by atoms with Gasteiger partial charge in [-0.05, 0) is 98.1 Å². The molecule has 1 amide bonds. The van der Waals surface area contributed by atoms with Crippen LogP contribution >= 0.6 is 0 Å². The van der Waals surface area contributed by atoms with Crippen LogP contribution in [0, 0.1) is 0 Å². The molecule has 9 nitrogen and oxygen atoms in total. The van der Waals surface area contributed by atoms with Gasteiger partial charge >= 0.3 is 0 Å². The van der Waals surface area contributed by atoms with Gasteiger partial charge in [0.15, 0.2) is 0 Å². The third-order valence-electron chi connectivity index (χ3n) is 9.22. The number of piperidine rings is 1. The number of morpholine rings is 1. The molecule has 0 radical (unpaired) electrons. The van der Waals surface area contributed by atoms with Gasteiger partial charge in [0.2, 0.25) is 10.0 Å². The fourth-order valence-electron chi connectivity index (χ4n) is 6.87.